The Kier molecular flexibility index (Phi) is 6.93. The Labute approximate surface area is 135 Å². The number of amides is 1. The molecule has 0 spiro atoms. The van der Waals surface area contributed by atoms with E-state index in [0.717, 1.165) is 5.56 Å². The number of benzene rings is 1. The Morgan fingerprint density at radius 1 is 1.33 bits per heavy atom. The quantitative estimate of drug-likeness (QED) is 0.756. The average molecular weight is 325 g/mol. The summed E-state index contributed by atoms with van der Waals surface area (Å²) in [6.45, 7) is 0.280. The van der Waals surface area contributed by atoms with E-state index >= 15 is 0 Å². The molecule has 3 nitrogen and oxygen atoms in total. The third kappa shape index (κ3) is 5.57. The maximum atomic E-state index is 11.8. The fraction of sp³-hybridized carbons (Fsp3) is 0.562. The first-order valence-electron chi connectivity index (χ1n) is 7.39. The Balaban J connectivity index is 1.69. The number of aliphatic hydroxyl groups is 1. The first-order chi connectivity index (χ1) is 10.2. The fourth-order valence-electron chi connectivity index (χ4n) is 2.45. The molecular weight excluding hydrogens is 302 g/mol. The molecule has 1 fully saturated rings. The van der Waals surface area contributed by atoms with Gasteiger partial charge in [0.2, 0.25) is 5.91 Å². The van der Waals surface area contributed by atoms with Crippen LogP contribution >= 0.6 is 23.5 Å². The summed E-state index contributed by atoms with van der Waals surface area (Å²) in [5.74, 6) is 0.523. The fourth-order valence-corrected chi connectivity index (χ4v) is 4.02. The number of carbonyl (C=O) groups is 1. The van der Waals surface area contributed by atoms with Gasteiger partial charge in [0.25, 0.3) is 0 Å². The van der Waals surface area contributed by atoms with E-state index in [-0.39, 0.29) is 12.5 Å². The highest BCUT2D eigenvalue weighted by Crippen LogP contribution is 2.29. The molecule has 1 saturated carbocycles. The van der Waals surface area contributed by atoms with Gasteiger partial charge in [-0.05, 0) is 36.8 Å². The third-order valence-corrected chi connectivity index (χ3v) is 5.86. The summed E-state index contributed by atoms with van der Waals surface area (Å²) in [6.07, 6.45) is 6.45. The topological polar surface area (TPSA) is 49.3 Å². The van der Waals surface area contributed by atoms with Crippen LogP contribution in [0.4, 0.5) is 0 Å². The lowest BCUT2D eigenvalue weighted by Gasteiger charge is -2.13. The predicted molar refractivity (Wildman–Crippen MR) is 90.9 cm³/mol. The molecule has 1 aliphatic rings. The van der Waals surface area contributed by atoms with Crippen molar-refractivity contribution in [2.24, 2.45) is 0 Å². The van der Waals surface area contributed by atoms with Crippen LogP contribution in [0, 0.1) is 0 Å². The molecule has 0 aliphatic heterocycles. The van der Waals surface area contributed by atoms with Crippen molar-refractivity contribution in [1.82, 2.24) is 5.32 Å². The summed E-state index contributed by atoms with van der Waals surface area (Å²) in [4.78, 5) is 13.0. The van der Waals surface area contributed by atoms with Crippen LogP contribution in [-0.4, -0.2) is 34.8 Å². The summed E-state index contributed by atoms with van der Waals surface area (Å²) in [5.41, 5.74) is 0.844. The van der Waals surface area contributed by atoms with E-state index in [2.05, 4.69) is 5.32 Å². The van der Waals surface area contributed by atoms with Crippen LogP contribution in [0.2, 0.25) is 0 Å². The van der Waals surface area contributed by atoms with Gasteiger partial charge < -0.3 is 10.4 Å². The van der Waals surface area contributed by atoms with E-state index in [1.165, 1.54) is 30.6 Å². The second-order valence-corrected chi connectivity index (χ2v) is 7.48. The Hall–Kier alpha value is -0.650. The molecule has 1 aromatic carbocycles. The number of carbonyl (C=O) groups excluding carboxylic acids is 1. The molecule has 0 bridgehead atoms. The van der Waals surface area contributed by atoms with Crippen molar-refractivity contribution < 1.29 is 9.90 Å². The average Bonchev–Trinajstić information content (AvgIpc) is 3.04. The molecule has 0 radical (unpaired) electrons. The minimum absolute atomic E-state index is 0.0201. The zero-order chi connectivity index (χ0) is 15.1. The van der Waals surface area contributed by atoms with Gasteiger partial charge in [0, 0.05) is 16.7 Å². The Bertz CT molecular complexity index is 444. The van der Waals surface area contributed by atoms with Crippen molar-refractivity contribution in [3.63, 3.8) is 0 Å². The highest BCUT2D eigenvalue weighted by atomic mass is 32.2. The zero-order valence-corrected chi connectivity index (χ0v) is 14.0. The normalized spacial score (nSPS) is 16.9. The van der Waals surface area contributed by atoms with E-state index in [1.807, 2.05) is 30.5 Å². The molecule has 2 rings (SSSR count). The van der Waals surface area contributed by atoms with Crippen LogP contribution in [0.15, 0.2) is 29.2 Å². The SMILES string of the molecule is CSc1ccc([C@@H](O)CNC(=O)CSC2CCCC2)cc1. The maximum absolute atomic E-state index is 11.8. The maximum Gasteiger partial charge on any atom is 0.230 e. The van der Waals surface area contributed by atoms with Gasteiger partial charge in [0.05, 0.1) is 11.9 Å². The van der Waals surface area contributed by atoms with Crippen molar-refractivity contribution >= 4 is 29.4 Å². The molecule has 21 heavy (non-hydrogen) atoms. The summed E-state index contributed by atoms with van der Waals surface area (Å²) < 4.78 is 0. The van der Waals surface area contributed by atoms with Gasteiger partial charge >= 0.3 is 0 Å². The van der Waals surface area contributed by atoms with Gasteiger partial charge in [0.15, 0.2) is 0 Å². The molecule has 1 amide bonds. The van der Waals surface area contributed by atoms with Gasteiger partial charge in [0.1, 0.15) is 0 Å². The summed E-state index contributed by atoms with van der Waals surface area (Å²) >= 11 is 3.42. The molecule has 116 valence electrons. The van der Waals surface area contributed by atoms with Crippen LogP contribution in [0.1, 0.15) is 37.4 Å². The summed E-state index contributed by atoms with van der Waals surface area (Å²) in [7, 11) is 0. The number of aliphatic hydroxyl groups excluding tert-OH is 1. The summed E-state index contributed by atoms with van der Waals surface area (Å²) in [6, 6.07) is 7.80. The van der Waals surface area contributed by atoms with Gasteiger partial charge in [-0.25, -0.2) is 0 Å². The smallest absolute Gasteiger partial charge is 0.230 e. The Morgan fingerprint density at radius 2 is 2.00 bits per heavy atom. The molecule has 1 atom stereocenters. The summed E-state index contributed by atoms with van der Waals surface area (Å²) in [5, 5.41) is 13.6. The van der Waals surface area contributed by atoms with Crippen molar-refractivity contribution in [2.45, 2.75) is 41.9 Å². The molecular formula is C16H23NO2S2. The molecule has 0 heterocycles. The molecule has 5 heteroatoms. The molecule has 1 aromatic rings. The van der Waals surface area contributed by atoms with Gasteiger partial charge in [-0.1, -0.05) is 25.0 Å². The first kappa shape index (κ1) is 16.7. The molecule has 1 aliphatic carbocycles. The predicted octanol–water partition coefficient (Wildman–Crippen LogP) is 3.23. The monoisotopic (exact) mass is 325 g/mol. The van der Waals surface area contributed by atoms with E-state index in [0.29, 0.717) is 11.0 Å². The van der Waals surface area contributed by atoms with Gasteiger partial charge in [-0.2, -0.15) is 0 Å². The second-order valence-electron chi connectivity index (χ2n) is 5.31. The van der Waals surface area contributed by atoms with Crippen molar-refractivity contribution in [3.8, 4) is 0 Å². The first-order valence-corrected chi connectivity index (χ1v) is 9.66. The van der Waals surface area contributed by atoms with E-state index in [9.17, 15) is 9.90 Å². The Morgan fingerprint density at radius 3 is 2.62 bits per heavy atom. The van der Waals surface area contributed by atoms with Crippen LogP contribution < -0.4 is 5.32 Å². The van der Waals surface area contributed by atoms with E-state index < -0.39 is 6.10 Å². The number of hydrogen-bond acceptors (Lipinski definition) is 4. The van der Waals surface area contributed by atoms with Crippen LogP contribution in [0.5, 0.6) is 0 Å². The number of nitrogens with one attached hydrogen (secondary N) is 1. The van der Waals surface area contributed by atoms with Crippen molar-refractivity contribution in [1.29, 1.82) is 0 Å². The lowest BCUT2D eigenvalue weighted by molar-refractivity contribution is -0.119. The third-order valence-electron chi connectivity index (χ3n) is 3.75. The largest absolute Gasteiger partial charge is 0.387 e. The zero-order valence-electron chi connectivity index (χ0n) is 12.4. The molecule has 0 saturated heterocycles. The van der Waals surface area contributed by atoms with Crippen LogP contribution in [0.3, 0.4) is 0 Å². The lowest BCUT2D eigenvalue weighted by atomic mass is 10.1. The molecule has 2 N–H and O–H groups in total. The lowest BCUT2D eigenvalue weighted by Crippen LogP contribution is -2.30. The molecule has 0 aromatic heterocycles. The van der Waals surface area contributed by atoms with Crippen molar-refractivity contribution in [3.05, 3.63) is 29.8 Å². The van der Waals surface area contributed by atoms with E-state index in [1.54, 1.807) is 23.5 Å². The second kappa shape index (κ2) is 8.71. The van der Waals surface area contributed by atoms with Crippen LogP contribution in [0.25, 0.3) is 0 Å². The highest BCUT2D eigenvalue weighted by molar-refractivity contribution is 8.00. The highest BCUT2D eigenvalue weighted by Gasteiger charge is 2.17. The number of rotatable bonds is 7. The minimum atomic E-state index is -0.638. The van der Waals surface area contributed by atoms with Gasteiger partial charge in [-0.3, -0.25) is 4.79 Å². The number of hydrogen-bond donors (Lipinski definition) is 2. The van der Waals surface area contributed by atoms with Crippen LogP contribution in [-0.2, 0) is 4.79 Å². The standard InChI is InChI=1S/C16H23NO2S2/c1-20-13-8-6-12(7-9-13)15(18)10-17-16(19)11-21-14-4-2-3-5-14/h6-9,14-15,18H,2-5,10-11H2,1H3,(H,17,19)/t15-/m0/s1. The number of thioether (sulfide) groups is 2. The van der Waals surface area contributed by atoms with E-state index in [4.69, 9.17) is 0 Å². The minimum Gasteiger partial charge on any atom is -0.387 e. The van der Waals surface area contributed by atoms with Crippen molar-refractivity contribution in [2.75, 3.05) is 18.6 Å². The van der Waals surface area contributed by atoms with Gasteiger partial charge in [-0.15, -0.1) is 23.5 Å². The molecule has 0 unspecified atom stereocenters.